The molecule has 0 radical (unpaired) electrons. The third-order valence-corrected chi connectivity index (χ3v) is 5.01. The van der Waals surface area contributed by atoms with E-state index in [0.717, 1.165) is 70.6 Å². The van der Waals surface area contributed by atoms with E-state index in [2.05, 4.69) is 49.2 Å². The van der Waals surface area contributed by atoms with Gasteiger partial charge < -0.3 is 15.0 Å². The van der Waals surface area contributed by atoms with Crippen molar-refractivity contribution in [3.05, 3.63) is 29.3 Å². The summed E-state index contributed by atoms with van der Waals surface area (Å²) < 4.78 is 5.93. The number of piperidine rings is 1. The van der Waals surface area contributed by atoms with Crippen molar-refractivity contribution in [1.29, 1.82) is 0 Å². The van der Waals surface area contributed by atoms with Crippen LogP contribution in [0.15, 0.2) is 18.2 Å². The largest absolute Gasteiger partial charge is 0.493 e. The summed E-state index contributed by atoms with van der Waals surface area (Å²) in [6.45, 7) is 11.0. The molecule has 4 heteroatoms. The van der Waals surface area contributed by atoms with Crippen molar-refractivity contribution in [3.63, 3.8) is 0 Å². The van der Waals surface area contributed by atoms with E-state index in [9.17, 15) is 4.79 Å². The van der Waals surface area contributed by atoms with E-state index in [0.29, 0.717) is 0 Å². The molecule has 4 nitrogen and oxygen atoms in total. The lowest BCUT2D eigenvalue weighted by Crippen LogP contribution is -2.41. The number of nitrogens with zero attached hydrogens (tertiary/aromatic N) is 1. The van der Waals surface area contributed by atoms with E-state index in [1.807, 2.05) is 0 Å². The first kappa shape index (κ1) is 19.8. The maximum absolute atomic E-state index is 12.1. The van der Waals surface area contributed by atoms with Crippen LogP contribution >= 0.6 is 0 Å². The SMILES string of the molecule is CCCCNC(=O)C1CCN(CCCOc2cc(C)ccc2C)CC1. The molecule has 0 unspecified atom stereocenters. The van der Waals surface area contributed by atoms with E-state index in [1.165, 1.54) is 11.1 Å². The Hall–Kier alpha value is -1.55. The number of carbonyl (C=O) groups is 1. The molecule has 1 aromatic carbocycles. The average molecular weight is 347 g/mol. The summed E-state index contributed by atoms with van der Waals surface area (Å²) in [5, 5.41) is 3.07. The monoisotopic (exact) mass is 346 g/mol. The summed E-state index contributed by atoms with van der Waals surface area (Å²) >= 11 is 0. The van der Waals surface area contributed by atoms with E-state index >= 15 is 0 Å². The van der Waals surface area contributed by atoms with Crippen LogP contribution in [0.3, 0.4) is 0 Å². The maximum atomic E-state index is 12.1. The molecule has 1 aliphatic heterocycles. The van der Waals surface area contributed by atoms with Gasteiger partial charge in [-0.2, -0.15) is 0 Å². The summed E-state index contributed by atoms with van der Waals surface area (Å²) in [6.07, 6.45) is 5.19. The molecular weight excluding hydrogens is 312 g/mol. The number of unbranched alkanes of at least 4 members (excludes halogenated alkanes) is 1. The van der Waals surface area contributed by atoms with Gasteiger partial charge >= 0.3 is 0 Å². The molecule has 1 fully saturated rings. The van der Waals surface area contributed by atoms with Crippen molar-refractivity contribution < 1.29 is 9.53 Å². The fraction of sp³-hybridized carbons (Fsp3) is 0.667. The highest BCUT2D eigenvalue weighted by molar-refractivity contribution is 5.78. The molecule has 2 rings (SSSR count). The number of amides is 1. The zero-order chi connectivity index (χ0) is 18.1. The molecule has 140 valence electrons. The fourth-order valence-electron chi connectivity index (χ4n) is 3.28. The predicted molar refractivity (Wildman–Crippen MR) is 103 cm³/mol. The van der Waals surface area contributed by atoms with Gasteiger partial charge in [-0.1, -0.05) is 25.5 Å². The van der Waals surface area contributed by atoms with Crippen LogP contribution < -0.4 is 10.1 Å². The van der Waals surface area contributed by atoms with Gasteiger partial charge in [-0.25, -0.2) is 0 Å². The van der Waals surface area contributed by atoms with Crippen LogP contribution in [0.1, 0.15) is 50.2 Å². The normalized spacial score (nSPS) is 16.0. The van der Waals surface area contributed by atoms with Gasteiger partial charge in [-0.05, 0) is 69.8 Å². The van der Waals surface area contributed by atoms with Gasteiger partial charge in [0.25, 0.3) is 0 Å². The molecule has 1 saturated heterocycles. The van der Waals surface area contributed by atoms with Crippen molar-refractivity contribution in [1.82, 2.24) is 10.2 Å². The molecule has 0 bridgehead atoms. The van der Waals surface area contributed by atoms with Crippen LogP contribution in [-0.2, 0) is 4.79 Å². The molecule has 1 aliphatic rings. The van der Waals surface area contributed by atoms with Crippen molar-refractivity contribution >= 4 is 5.91 Å². The minimum absolute atomic E-state index is 0.208. The summed E-state index contributed by atoms with van der Waals surface area (Å²) in [5.41, 5.74) is 2.43. The highest BCUT2D eigenvalue weighted by Gasteiger charge is 2.24. The number of ether oxygens (including phenoxy) is 1. The zero-order valence-electron chi connectivity index (χ0n) is 16.1. The van der Waals surface area contributed by atoms with Crippen LogP contribution in [-0.4, -0.2) is 43.6 Å². The number of carbonyl (C=O) groups excluding carboxylic acids is 1. The fourth-order valence-corrected chi connectivity index (χ4v) is 3.28. The topological polar surface area (TPSA) is 41.6 Å². The Morgan fingerprint density at radius 1 is 1.24 bits per heavy atom. The summed E-state index contributed by atoms with van der Waals surface area (Å²) in [6, 6.07) is 6.34. The lowest BCUT2D eigenvalue weighted by atomic mass is 9.96. The van der Waals surface area contributed by atoms with Gasteiger partial charge in [-0.15, -0.1) is 0 Å². The molecule has 1 aromatic rings. The van der Waals surface area contributed by atoms with Crippen LogP contribution in [0.4, 0.5) is 0 Å². The van der Waals surface area contributed by atoms with Crippen LogP contribution in [0.25, 0.3) is 0 Å². The number of benzene rings is 1. The second-order valence-corrected chi connectivity index (χ2v) is 7.23. The smallest absolute Gasteiger partial charge is 0.223 e. The second-order valence-electron chi connectivity index (χ2n) is 7.23. The Bertz CT molecular complexity index is 537. The minimum Gasteiger partial charge on any atom is -0.493 e. The third-order valence-electron chi connectivity index (χ3n) is 5.01. The average Bonchev–Trinajstić information content (AvgIpc) is 2.62. The van der Waals surface area contributed by atoms with Crippen LogP contribution in [0.2, 0.25) is 0 Å². The molecule has 0 aliphatic carbocycles. The van der Waals surface area contributed by atoms with E-state index in [-0.39, 0.29) is 11.8 Å². The molecule has 25 heavy (non-hydrogen) atoms. The first-order valence-corrected chi connectivity index (χ1v) is 9.80. The Balaban J connectivity index is 1.61. The van der Waals surface area contributed by atoms with Gasteiger partial charge in [-0.3, -0.25) is 4.79 Å². The molecule has 1 N–H and O–H groups in total. The lowest BCUT2D eigenvalue weighted by molar-refractivity contribution is -0.126. The van der Waals surface area contributed by atoms with Gasteiger partial charge in [0.15, 0.2) is 0 Å². The van der Waals surface area contributed by atoms with Crippen LogP contribution in [0.5, 0.6) is 5.75 Å². The zero-order valence-corrected chi connectivity index (χ0v) is 16.1. The quantitative estimate of drug-likeness (QED) is 0.693. The molecule has 0 spiro atoms. The highest BCUT2D eigenvalue weighted by Crippen LogP contribution is 2.20. The molecule has 1 heterocycles. The van der Waals surface area contributed by atoms with E-state index in [1.54, 1.807) is 0 Å². The molecule has 0 atom stereocenters. The number of aryl methyl sites for hydroxylation is 2. The van der Waals surface area contributed by atoms with Gasteiger partial charge in [0.2, 0.25) is 5.91 Å². The highest BCUT2D eigenvalue weighted by atomic mass is 16.5. The van der Waals surface area contributed by atoms with Crippen molar-refractivity contribution in [2.24, 2.45) is 5.92 Å². The Labute approximate surface area is 152 Å². The van der Waals surface area contributed by atoms with E-state index < -0.39 is 0 Å². The number of nitrogens with one attached hydrogen (secondary N) is 1. The van der Waals surface area contributed by atoms with Crippen molar-refractivity contribution in [2.45, 2.75) is 52.9 Å². The number of likely N-dealkylation sites (tertiary alicyclic amines) is 1. The molecule has 0 saturated carbocycles. The standard InChI is InChI=1S/C21H34N2O2/c1-4-5-11-22-21(24)19-9-13-23(14-10-19)12-6-15-25-20-16-17(2)7-8-18(20)3/h7-8,16,19H,4-6,9-15H2,1-3H3,(H,22,24). The van der Waals surface area contributed by atoms with Gasteiger partial charge in [0, 0.05) is 19.0 Å². The Morgan fingerprint density at radius 3 is 2.72 bits per heavy atom. The summed E-state index contributed by atoms with van der Waals surface area (Å²) in [5.74, 6) is 1.47. The van der Waals surface area contributed by atoms with Crippen LogP contribution in [0, 0.1) is 19.8 Å². The first-order chi connectivity index (χ1) is 12.1. The number of hydrogen-bond donors (Lipinski definition) is 1. The molecule has 1 amide bonds. The summed E-state index contributed by atoms with van der Waals surface area (Å²) in [4.78, 5) is 14.6. The maximum Gasteiger partial charge on any atom is 0.223 e. The van der Waals surface area contributed by atoms with Gasteiger partial charge in [0.1, 0.15) is 5.75 Å². The molecular formula is C21H34N2O2. The Morgan fingerprint density at radius 2 is 2.00 bits per heavy atom. The van der Waals surface area contributed by atoms with Crippen molar-refractivity contribution in [2.75, 3.05) is 32.8 Å². The summed E-state index contributed by atoms with van der Waals surface area (Å²) in [7, 11) is 0. The second kappa shape index (κ2) is 10.4. The lowest BCUT2D eigenvalue weighted by Gasteiger charge is -2.31. The van der Waals surface area contributed by atoms with Crippen molar-refractivity contribution in [3.8, 4) is 5.75 Å². The number of rotatable bonds is 9. The molecule has 0 aromatic heterocycles. The van der Waals surface area contributed by atoms with E-state index in [4.69, 9.17) is 4.74 Å². The minimum atomic E-state index is 0.208. The first-order valence-electron chi connectivity index (χ1n) is 9.80. The Kier molecular flexibility index (Phi) is 8.26. The third kappa shape index (κ3) is 6.69. The predicted octanol–water partition coefficient (Wildman–Crippen LogP) is 3.70. The van der Waals surface area contributed by atoms with Gasteiger partial charge in [0.05, 0.1) is 6.61 Å². The number of hydrogen-bond acceptors (Lipinski definition) is 3.